The van der Waals surface area contributed by atoms with Crippen LogP contribution in [0.2, 0.25) is 20.5 Å². The number of aryl methyl sites for hydroxylation is 5. The summed E-state index contributed by atoms with van der Waals surface area (Å²) in [5, 5.41) is 31.2. The van der Waals surface area contributed by atoms with Crippen LogP contribution in [0.5, 0.6) is 0 Å². The van der Waals surface area contributed by atoms with Crippen LogP contribution in [0.25, 0.3) is 22.3 Å². The molecule has 2 aliphatic heterocycles. The zero-order valence-electron chi connectivity index (χ0n) is 66.2. The maximum Gasteiger partial charge on any atom is 0.494 e. The standard InChI is InChI=1S/C47H45B2N3O2.C31H39B2NO4.C14H15BBrNO.CH4/c1-34-6-20-41(21-7-34)50(42-26-12-37(13-27-42)39-16-30-46(31-17-39)51(48(4)53)44-22-8-35(2)9-23-44)43-28-14-38(15-29-43)40-18-32-47(33-19-40)52(49(5)54)45-24-10-36(3)11-25-45;1-22-10-16-25(17-11-22)34(26-18-12-23(13-19-26)32-35-28(2,3)29(4,5)36-32)27-20-14-24(15-21-27)33-37-30(6,7)31(8,9)38-33;1-11-3-7-13(8-4-11)17(15(2)18)14-9-5-12(16)6-10-14;/h6-33,53-54H,1-5H3;10-21H,1-9H3;3-10,18H,1-2H3;1H4. The highest BCUT2D eigenvalue weighted by atomic mass is 79.9. The van der Waals surface area contributed by atoms with Crippen molar-refractivity contribution in [1.29, 1.82) is 0 Å². The summed E-state index contributed by atoms with van der Waals surface area (Å²) in [6, 6.07) is 101. The Morgan fingerprint density at radius 2 is 0.405 bits per heavy atom. The number of nitrogens with zero attached hydrogens (tertiary/aromatic N) is 5. The van der Waals surface area contributed by atoms with E-state index in [1.54, 1.807) is 20.5 Å². The summed E-state index contributed by atoms with van der Waals surface area (Å²) >= 11 is 3.42. The maximum atomic E-state index is 10.6. The highest BCUT2D eigenvalue weighted by molar-refractivity contribution is 9.10. The quantitative estimate of drug-likeness (QED) is 0.0670. The van der Waals surface area contributed by atoms with Crippen molar-refractivity contribution in [3.05, 3.63) is 323 Å². The Balaban J connectivity index is 0.000000185. The third-order valence-electron chi connectivity index (χ3n) is 21.3. The Morgan fingerprint density at radius 1 is 0.252 bits per heavy atom. The molecule has 2 saturated heterocycles. The van der Waals surface area contributed by atoms with Crippen molar-refractivity contribution in [1.82, 2.24) is 0 Å². The molecular weight excluding hydrogens is 1430 g/mol. The van der Waals surface area contributed by atoms with Gasteiger partial charge in [0.1, 0.15) is 0 Å². The van der Waals surface area contributed by atoms with E-state index in [4.69, 9.17) is 18.6 Å². The molecule has 12 aromatic rings. The van der Waals surface area contributed by atoms with E-state index in [9.17, 15) is 15.1 Å². The first-order chi connectivity index (χ1) is 52.4. The van der Waals surface area contributed by atoms with E-state index < -0.39 is 21.2 Å². The van der Waals surface area contributed by atoms with Crippen molar-refractivity contribution >= 4 is 130 Å². The van der Waals surface area contributed by atoms with Gasteiger partial charge in [0.15, 0.2) is 0 Å². The number of anilines is 12. The molecule has 0 aliphatic carbocycles. The van der Waals surface area contributed by atoms with E-state index in [2.05, 4.69) is 334 Å². The van der Waals surface area contributed by atoms with Crippen molar-refractivity contribution in [2.75, 3.05) is 24.2 Å². The van der Waals surface area contributed by atoms with Gasteiger partial charge in [-0.15, -0.1) is 0 Å². The van der Waals surface area contributed by atoms with Gasteiger partial charge in [-0.2, -0.15) is 0 Å². The predicted octanol–water partition coefficient (Wildman–Crippen LogP) is 22.6. The van der Waals surface area contributed by atoms with Crippen LogP contribution in [0.1, 0.15) is 90.6 Å². The van der Waals surface area contributed by atoms with E-state index in [0.717, 1.165) is 106 Å². The van der Waals surface area contributed by atoms with Crippen molar-refractivity contribution in [3.63, 3.8) is 0 Å². The van der Waals surface area contributed by atoms with E-state index in [-0.39, 0.29) is 44.1 Å². The first-order valence-corrected chi connectivity index (χ1v) is 38.6. The van der Waals surface area contributed by atoms with Crippen molar-refractivity contribution < 1.29 is 33.7 Å². The van der Waals surface area contributed by atoms with Gasteiger partial charge < -0.3 is 57.9 Å². The van der Waals surface area contributed by atoms with E-state index in [1.165, 1.54) is 27.8 Å². The molecule has 0 unspecified atom stereocenters. The van der Waals surface area contributed by atoms with Gasteiger partial charge in [-0.05, 0) is 301 Å². The van der Waals surface area contributed by atoms with Crippen LogP contribution in [0.3, 0.4) is 0 Å². The van der Waals surface area contributed by atoms with E-state index in [1.807, 2.05) is 87.2 Å². The second-order valence-electron chi connectivity index (χ2n) is 30.9. The number of hydrogen-bond donors (Lipinski definition) is 3. The molecule has 14 rings (SSSR count). The molecule has 18 heteroatoms. The molecule has 0 radical (unpaired) electrons. The van der Waals surface area contributed by atoms with Gasteiger partial charge in [-0.1, -0.05) is 185 Å². The van der Waals surface area contributed by atoms with Gasteiger partial charge in [0.25, 0.3) is 0 Å². The molecule has 0 atom stereocenters. The van der Waals surface area contributed by atoms with Crippen LogP contribution >= 0.6 is 15.9 Å². The molecule has 12 aromatic carbocycles. The molecular formula is C93H103B5BrN5O7. The Morgan fingerprint density at radius 3 is 0.595 bits per heavy atom. The molecule has 111 heavy (non-hydrogen) atoms. The largest absolute Gasteiger partial charge is 0.494 e. The van der Waals surface area contributed by atoms with Gasteiger partial charge in [0.2, 0.25) is 0 Å². The molecule has 12 nitrogen and oxygen atoms in total. The molecule has 0 amide bonds. The average Bonchev–Trinajstić information content (AvgIpc) is 1.74. The molecule has 0 saturated carbocycles. The summed E-state index contributed by atoms with van der Waals surface area (Å²) in [4.78, 5) is 10.3. The number of benzene rings is 12. The number of hydrogen-bond acceptors (Lipinski definition) is 12. The smallest absolute Gasteiger partial charge is 0.432 e. The fourth-order valence-electron chi connectivity index (χ4n) is 13.5. The fraction of sp³-hybridized carbons (Fsp3) is 0.226. The monoisotopic (exact) mass is 1540 g/mol. The van der Waals surface area contributed by atoms with Crippen LogP contribution in [0.4, 0.5) is 68.2 Å². The van der Waals surface area contributed by atoms with Gasteiger partial charge >= 0.3 is 35.4 Å². The van der Waals surface area contributed by atoms with Crippen LogP contribution in [0, 0.1) is 34.6 Å². The highest BCUT2D eigenvalue weighted by Crippen LogP contribution is 2.42. The van der Waals surface area contributed by atoms with Crippen molar-refractivity contribution in [3.8, 4) is 22.3 Å². The SMILES string of the molecule is C.CB(O)N(c1ccc(C)cc1)c1ccc(-c2ccc(N(c3ccc(C)cc3)c3ccc(-c4ccc(N(B(C)O)c5ccc(C)cc5)cc4)cc3)cc2)cc1.CB(O)N(c1ccc(C)cc1)c1ccc(Br)cc1.Cc1ccc(N(c2ccc(B3OC(C)(C)C(C)(C)O3)cc2)c2ccc(B3OC(C)(C)C(C)(C)O3)cc2)cc1. The van der Waals surface area contributed by atoms with Crippen molar-refractivity contribution in [2.24, 2.45) is 0 Å². The highest BCUT2D eigenvalue weighted by Gasteiger charge is 2.53. The zero-order valence-corrected chi connectivity index (χ0v) is 67.8. The summed E-state index contributed by atoms with van der Waals surface area (Å²) in [5.41, 5.74) is 23.1. The Hall–Kier alpha value is -9.84. The maximum absolute atomic E-state index is 10.6. The summed E-state index contributed by atoms with van der Waals surface area (Å²) in [5.74, 6) is 0. The summed E-state index contributed by atoms with van der Waals surface area (Å²) in [7, 11) is -2.69. The lowest BCUT2D eigenvalue weighted by atomic mass is 9.79. The normalized spacial score (nSPS) is 14.2. The van der Waals surface area contributed by atoms with Gasteiger partial charge in [-0.3, -0.25) is 0 Å². The fourth-order valence-corrected chi connectivity index (χ4v) is 13.8. The number of rotatable bonds is 19. The summed E-state index contributed by atoms with van der Waals surface area (Å²) in [6.45, 7) is 32.4. The molecule has 2 fully saturated rings. The van der Waals surface area contributed by atoms with Crippen LogP contribution in [-0.4, -0.2) is 72.9 Å². The zero-order chi connectivity index (χ0) is 78.4. The Kier molecular flexibility index (Phi) is 25.8. The second kappa shape index (κ2) is 34.8. The van der Waals surface area contributed by atoms with Crippen LogP contribution in [0.15, 0.2) is 296 Å². The predicted molar refractivity (Wildman–Crippen MR) is 476 cm³/mol. The lowest BCUT2D eigenvalue weighted by Crippen LogP contribution is -2.41. The first kappa shape index (κ1) is 82.1. The van der Waals surface area contributed by atoms with Crippen LogP contribution < -0.4 is 35.2 Å². The minimum Gasteiger partial charge on any atom is -0.432 e. The third-order valence-corrected chi connectivity index (χ3v) is 21.8. The van der Waals surface area contributed by atoms with E-state index in [0.29, 0.717) is 0 Å². The topological polar surface area (TPSA) is 114 Å². The minimum absolute atomic E-state index is 0. The van der Waals surface area contributed by atoms with Gasteiger partial charge in [0.05, 0.1) is 22.4 Å². The third kappa shape index (κ3) is 19.2. The number of halogens is 1. The van der Waals surface area contributed by atoms with Crippen molar-refractivity contribution in [2.45, 2.75) is 140 Å². The molecule has 564 valence electrons. The Bertz CT molecular complexity index is 4690. The molecule has 0 bridgehead atoms. The molecule has 2 aliphatic rings. The van der Waals surface area contributed by atoms with E-state index >= 15 is 0 Å². The lowest BCUT2D eigenvalue weighted by molar-refractivity contribution is 0.00578. The summed E-state index contributed by atoms with van der Waals surface area (Å²) in [6.07, 6.45) is 0. The molecule has 0 spiro atoms. The van der Waals surface area contributed by atoms with Gasteiger partial charge in [-0.25, -0.2) is 0 Å². The molecule has 2 heterocycles. The molecule has 0 aromatic heterocycles. The second-order valence-corrected chi connectivity index (χ2v) is 31.8. The lowest BCUT2D eigenvalue weighted by Gasteiger charge is -2.32. The summed E-state index contributed by atoms with van der Waals surface area (Å²) < 4.78 is 26.1. The Labute approximate surface area is 670 Å². The minimum atomic E-state index is -0.670. The molecule has 3 N–H and O–H groups in total. The average molecular weight is 1540 g/mol. The van der Waals surface area contributed by atoms with Crippen LogP contribution in [-0.2, 0) is 18.6 Å². The first-order valence-electron chi connectivity index (χ1n) is 37.8. The van der Waals surface area contributed by atoms with Gasteiger partial charge in [0, 0.05) is 72.7 Å².